The molecule has 1 saturated carbocycles. The van der Waals surface area contributed by atoms with Crippen molar-refractivity contribution in [1.82, 2.24) is 4.90 Å². The van der Waals surface area contributed by atoms with E-state index < -0.39 is 11.5 Å². The molecule has 0 amide bonds. The first-order chi connectivity index (χ1) is 8.71. The summed E-state index contributed by atoms with van der Waals surface area (Å²) in [6.07, 6.45) is 10.8. The minimum absolute atomic E-state index is 0.261. The molecule has 4 nitrogen and oxygen atoms in total. The quantitative estimate of drug-likeness (QED) is 0.827. The smallest absolute Gasteiger partial charge is 0.324 e. The third kappa shape index (κ3) is 2.05. The molecule has 0 bridgehead atoms. The molecule has 1 heterocycles. The third-order valence-corrected chi connectivity index (χ3v) is 4.22. The summed E-state index contributed by atoms with van der Waals surface area (Å²) in [5.41, 5.74) is -0.529. The molecule has 0 aromatic carbocycles. The van der Waals surface area contributed by atoms with Gasteiger partial charge in [0.2, 0.25) is 0 Å². The van der Waals surface area contributed by atoms with Crippen molar-refractivity contribution >= 4 is 5.97 Å². The molecule has 0 atom stereocenters. The number of ether oxygens (including phenoxy) is 1. The lowest BCUT2D eigenvalue weighted by Gasteiger charge is -2.36. The van der Waals surface area contributed by atoms with E-state index in [1.54, 1.807) is 0 Å². The predicted octanol–water partition coefficient (Wildman–Crippen LogP) is 1.93. The highest BCUT2D eigenvalue weighted by molar-refractivity contribution is 5.82. The molecule has 0 aromatic rings. The van der Waals surface area contributed by atoms with Crippen molar-refractivity contribution in [3.63, 3.8) is 0 Å². The van der Waals surface area contributed by atoms with Crippen LogP contribution in [0.4, 0.5) is 0 Å². The fraction of sp³-hybridized carbons (Fsp3) is 0.643. The number of likely N-dealkylation sites (tertiary alicyclic amines) is 1. The average molecular weight is 249 g/mol. The van der Waals surface area contributed by atoms with Crippen molar-refractivity contribution in [2.45, 2.75) is 43.7 Å². The second-order valence-electron chi connectivity index (χ2n) is 5.41. The zero-order valence-corrected chi connectivity index (χ0v) is 10.5. The number of carboxylic acids is 1. The fourth-order valence-electron chi connectivity index (χ4n) is 2.91. The zero-order valence-electron chi connectivity index (χ0n) is 10.5. The Balaban J connectivity index is 1.51. The minimum Gasteiger partial charge on any atom is -0.494 e. The van der Waals surface area contributed by atoms with Gasteiger partial charge in [0.05, 0.1) is 0 Å². The molecule has 1 saturated heterocycles. The van der Waals surface area contributed by atoms with Gasteiger partial charge in [0.1, 0.15) is 17.4 Å². The molecule has 1 aliphatic heterocycles. The zero-order chi connectivity index (χ0) is 12.6. The van der Waals surface area contributed by atoms with Crippen molar-refractivity contribution < 1.29 is 14.6 Å². The largest absolute Gasteiger partial charge is 0.494 e. The highest BCUT2D eigenvalue weighted by atomic mass is 16.5. The Morgan fingerprint density at radius 2 is 2.11 bits per heavy atom. The highest BCUT2D eigenvalue weighted by Crippen LogP contribution is 2.43. The first-order valence-corrected chi connectivity index (χ1v) is 6.71. The fourth-order valence-corrected chi connectivity index (χ4v) is 2.91. The van der Waals surface area contributed by atoms with E-state index in [1.165, 1.54) is 0 Å². The molecule has 0 unspecified atom stereocenters. The lowest BCUT2D eigenvalue weighted by atomic mass is 10.0. The van der Waals surface area contributed by atoms with Gasteiger partial charge in [-0.25, -0.2) is 0 Å². The number of piperidine rings is 1. The summed E-state index contributed by atoms with van der Waals surface area (Å²) in [6.45, 7) is 1.69. The van der Waals surface area contributed by atoms with Crippen LogP contribution < -0.4 is 0 Å². The molecule has 3 rings (SSSR count). The second kappa shape index (κ2) is 4.43. The molecule has 2 aliphatic carbocycles. The molecule has 98 valence electrons. The highest BCUT2D eigenvalue weighted by Gasteiger charge is 2.55. The third-order valence-electron chi connectivity index (χ3n) is 4.22. The van der Waals surface area contributed by atoms with Gasteiger partial charge >= 0.3 is 5.97 Å². The lowest BCUT2D eigenvalue weighted by molar-refractivity contribution is -0.146. The maximum Gasteiger partial charge on any atom is 0.324 e. The summed E-state index contributed by atoms with van der Waals surface area (Å²) in [5.74, 6) is 0.400. The summed E-state index contributed by atoms with van der Waals surface area (Å²) in [4.78, 5) is 13.4. The van der Waals surface area contributed by atoms with Crippen molar-refractivity contribution in [1.29, 1.82) is 0 Å². The average Bonchev–Trinajstić information content (AvgIpc) is 3.04. The number of nitrogens with zero attached hydrogens (tertiary/aromatic N) is 1. The van der Waals surface area contributed by atoms with E-state index >= 15 is 0 Å². The Morgan fingerprint density at radius 1 is 1.39 bits per heavy atom. The SMILES string of the molecule is O=C(O)C1(N2CCC(OC3=CC=CC3)CC2)CC1. The van der Waals surface area contributed by atoms with Crippen LogP contribution in [0, 0.1) is 0 Å². The number of carbonyl (C=O) groups is 1. The van der Waals surface area contributed by atoms with Gasteiger partial charge in [-0.15, -0.1) is 0 Å². The van der Waals surface area contributed by atoms with Crippen LogP contribution >= 0.6 is 0 Å². The van der Waals surface area contributed by atoms with Crippen LogP contribution in [0.5, 0.6) is 0 Å². The Kier molecular flexibility index (Phi) is 2.90. The normalized spacial score (nSPS) is 27.0. The van der Waals surface area contributed by atoms with E-state index in [2.05, 4.69) is 11.0 Å². The maximum absolute atomic E-state index is 11.3. The molecule has 0 aromatic heterocycles. The molecule has 2 fully saturated rings. The van der Waals surface area contributed by atoms with Crippen molar-refractivity contribution in [2.75, 3.05) is 13.1 Å². The molecule has 1 N–H and O–H groups in total. The number of rotatable bonds is 4. The van der Waals surface area contributed by atoms with E-state index in [4.69, 9.17) is 4.74 Å². The number of hydrogen-bond acceptors (Lipinski definition) is 3. The summed E-state index contributed by atoms with van der Waals surface area (Å²) in [7, 11) is 0. The summed E-state index contributed by atoms with van der Waals surface area (Å²) >= 11 is 0. The van der Waals surface area contributed by atoms with Crippen LogP contribution in [0.15, 0.2) is 24.0 Å². The van der Waals surface area contributed by atoms with Gasteiger partial charge in [-0.2, -0.15) is 0 Å². The monoisotopic (exact) mass is 249 g/mol. The van der Waals surface area contributed by atoms with E-state index in [1.807, 2.05) is 12.2 Å². The van der Waals surface area contributed by atoms with Crippen LogP contribution in [-0.4, -0.2) is 40.7 Å². The van der Waals surface area contributed by atoms with Crippen molar-refractivity contribution in [3.05, 3.63) is 24.0 Å². The summed E-state index contributed by atoms with van der Waals surface area (Å²) < 4.78 is 5.92. The lowest BCUT2D eigenvalue weighted by Crippen LogP contribution is -2.48. The first kappa shape index (κ1) is 11.8. The van der Waals surface area contributed by atoms with Crippen molar-refractivity contribution in [2.24, 2.45) is 0 Å². The van der Waals surface area contributed by atoms with Crippen molar-refractivity contribution in [3.8, 4) is 0 Å². The van der Waals surface area contributed by atoms with E-state index in [-0.39, 0.29) is 6.10 Å². The van der Waals surface area contributed by atoms with Gasteiger partial charge in [0.25, 0.3) is 0 Å². The predicted molar refractivity (Wildman–Crippen MR) is 67.1 cm³/mol. The number of aliphatic carboxylic acids is 1. The molecule has 18 heavy (non-hydrogen) atoms. The number of carboxylic acid groups (broad SMARTS) is 1. The Hall–Kier alpha value is -1.29. The molecule has 0 spiro atoms. The molecule has 4 heteroatoms. The number of hydrogen-bond donors (Lipinski definition) is 1. The van der Waals surface area contributed by atoms with Crippen LogP contribution in [0.3, 0.4) is 0 Å². The van der Waals surface area contributed by atoms with E-state index in [0.717, 1.165) is 51.0 Å². The standard InChI is InChI=1S/C14H19NO3/c16-13(17)14(7-8-14)15-9-5-12(6-10-15)18-11-3-1-2-4-11/h1-3,12H,4-10H2,(H,16,17). The molecular formula is C14H19NO3. The second-order valence-corrected chi connectivity index (χ2v) is 5.41. The topological polar surface area (TPSA) is 49.8 Å². The number of allylic oxidation sites excluding steroid dienone is 3. The van der Waals surface area contributed by atoms with Crippen LogP contribution in [0.25, 0.3) is 0 Å². The van der Waals surface area contributed by atoms with Gasteiger partial charge in [-0.05, 0) is 31.8 Å². The Labute approximate surface area is 107 Å². The van der Waals surface area contributed by atoms with Gasteiger partial charge < -0.3 is 9.84 Å². The van der Waals surface area contributed by atoms with Gasteiger partial charge in [0, 0.05) is 19.5 Å². The molecule has 0 radical (unpaired) electrons. The Bertz CT molecular complexity index is 401. The maximum atomic E-state index is 11.3. The summed E-state index contributed by atoms with van der Waals surface area (Å²) in [6, 6.07) is 0. The van der Waals surface area contributed by atoms with Gasteiger partial charge in [-0.1, -0.05) is 12.2 Å². The van der Waals surface area contributed by atoms with Crippen LogP contribution in [0.1, 0.15) is 32.1 Å². The minimum atomic E-state index is -0.649. The molecular weight excluding hydrogens is 230 g/mol. The van der Waals surface area contributed by atoms with Gasteiger partial charge in [-0.3, -0.25) is 9.69 Å². The molecule has 3 aliphatic rings. The first-order valence-electron chi connectivity index (χ1n) is 6.71. The van der Waals surface area contributed by atoms with Gasteiger partial charge in [0.15, 0.2) is 0 Å². The van der Waals surface area contributed by atoms with Crippen LogP contribution in [0.2, 0.25) is 0 Å². The Morgan fingerprint density at radius 3 is 2.61 bits per heavy atom. The van der Waals surface area contributed by atoms with E-state index in [9.17, 15) is 9.90 Å². The van der Waals surface area contributed by atoms with E-state index in [0.29, 0.717) is 0 Å². The van der Waals surface area contributed by atoms with Crippen LogP contribution in [-0.2, 0) is 9.53 Å². The summed E-state index contributed by atoms with van der Waals surface area (Å²) in [5, 5.41) is 9.26.